The maximum atomic E-state index is 12.4. The molecule has 7 nitrogen and oxygen atoms in total. The first kappa shape index (κ1) is 29.2. The number of aldehydes is 1. The minimum absolute atomic E-state index is 0.211. The van der Waals surface area contributed by atoms with Crippen LogP contribution in [0.3, 0.4) is 0 Å². The minimum atomic E-state index is -0.562. The van der Waals surface area contributed by atoms with Crippen LogP contribution in [0.15, 0.2) is 48.0 Å². The number of aromatic nitrogens is 1. The number of anilines is 1. The Bertz CT molecular complexity index is 1210. The van der Waals surface area contributed by atoms with Gasteiger partial charge in [-0.05, 0) is 83.0 Å². The number of hydrogen-bond acceptors (Lipinski definition) is 7. The molecule has 0 radical (unpaired) electrons. The molecule has 0 aliphatic carbocycles. The Morgan fingerprint density at radius 1 is 1.13 bits per heavy atom. The third kappa shape index (κ3) is 8.31. The van der Waals surface area contributed by atoms with Crippen molar-refractivity contribution in [3.8, 4) is 16.2 Å². The molecule has 0 saturated carbocycles. The molecule has 0 bridgehead atoms. The number of thiazole rings is 1. The molecule has 0 spiro atoms. The van der Waals surface area contributed by atoms with Gasteiger partial charge in [-0.1, -0.05) is 19.1 Å². The second-order valence-corrected chi connectivity index (χ2v) is 11.7. The minimum Gasteiger partial charge on any atom is -0.493 e. The van der Waals surface area contributed by atoms with Crippen molar-refractivity contribution in [2.45, 2.75) is 66.7 Å². The van der Waals surface area contributed by atoms with E-state index in [1.165, 1.54) is 0 Å². The van der Waals surface area contributed by atoms with E-state index in [0.717, 1.165) is 46.0 Å². The Balaban J connectivity index is 1.83. The summed E-state index contributed by atoms with van der Waals surface area (Å²) in [6.07, 6.45) is 0.383. The van der Waals surface area contributed by atoms with Crippen molar-refractivity contribution >= 4 is 29.4 Å². The summed E-state index contributed by atoms with van der Waals surface area (Å²) >= 11 is 1.62. The van der Waals surface area contributed by atoms with E-state index in [1.54, 1.807) is 23.5 Å². The molecule has 0 aliphatic heterocycles. The average Bonchev–Trinajstić information content (AvgIpc) is 3.29. The van der Waals surface area contributed by atoms with Crippen LogP contribution in [0.5, 0.6) is 5.75 Å². The van der Waals surface area contributed by atoms with Gasteiger partial charge in [0.25, 0.3) is 0 Å². The normalized spacial score (nSPS) is 12.2. The van der Waals surface area contributed by atoms with Crippen molar-refractivity contribution in [3.05, 3.63) is 64.8 Å². The van der Waals surface area contributed by atoms with E-state index in [2.05, 4.69) is 54.2 Å². The van der Waals surface area contributed by atoms with Crippen LogP contribution in [0.4, 0.5) is 10.5 Å². The van der Waals surface area contributed by atoms with E-state index < -0.39 is 11.7 Å². The fraction of sp³-hybridized carbons (Fsp3) is 0.433. The van der Waals surface area contributed by atoms with E-state index in [1.807, 2.05) is 45.3 Å². The number of benzene rings is 2. The summed E-state index contributed by atoms with van der Waals surface area (Å²) < 4.78 is 11.5. The molecular weight excluding hydrogens is 498 g/mol. The van der Waals surface area contributed by atoms with Gasteiger partial charge in [0.2, 0.25) is 0 Å². The number of hydrogen-bond donors (Lipinski definition) is 1. The van der Waals surface area contributed by atoms with Crippen LogP contribution in [0.25, 0.3) is 10.4 Å². The summed E-state index contributed by atoms with van der Waals surface area (Å²) in [7, 11) is 0. The maximum Gasteiger partial charge on any atom is 0.407 e. The predicted octanol–water partition coefficient (Wildman–Crippen LogP) is 6.89. The van der Waals surface area contributed by atoms with Crippen molar-refractivity contribution in [2.75, 3.05) is 18.1 Å². The van der Waals surface area contributed by atoms with Crippen LogP contribution in [-0.4, -0.2) is 42.2 Å². The molecule has 2 aromatic carbocycles. The fourth-order valence-electron chi connectivity index (χ4n) is 4.04. The first-order chi connectivity index (χ1) is 18.0. The van der Waals surface area contributed by atoms with Gasteiger partial charge in [-0.2, -0.15) is 0 Å². The van der Waals surface area contributed by atoms with Gasteiger partial charge in [0, 0.05) is 36.3 Å². The number of rotatable bonds is 11. The van der Waals surface area contributed by atoms with Crippen LogP contribution in [-0.2, 0) is 11.3 Å². The summed E-state index contributed by atoms with van der Waals surface area (Å²) in [5, 5.41) is 2.92. The standard InChI is InChI=1S/C30H39N3O4S/c1-20(2)33(16-21(3)18-36-26-12-8-23(17-34)9-13-26)27-14-24(28-22(4)32-19-38-28)10-11-25(27)15-31-29(35)37-30(5,6)7/h8-14,17,19-21H,15-16,18H2,1-7H3,(H,31,35). The number of carbonyl (C=O) groups excluding carboxylic acids is 2. The van der Waals surface area contributed by atoms with Crippen LogP contribution < -0.4 is 15.0 Å². The second kappa shape index (κ2) is 12.9. The number of carbonyl (C=O) groups is 2. The first-order valence-electron chi connectivity index (χ1n) is 12.9. The number of nitrogens with one attached hydrogen (secondary N) is 1. The fourth-order valence-corrected chi connectivity index (χ4v) is 4.84. The van der Waals surface area contributed by atoms with E-state index in [9.17, 15) is 9.59 Å². The van der Waals surface area contributed by atoms with Crippen molar-refractivity contribution in [3.63, 3.8) is 0 Å². The molecule has 1 amide bonds. The van der Waals surface area contributed by atoms with Crippen LogP contribution in [0.2, 0.25) is 0 Å². The summed E-state index contributed by atoms with van der Waals surface area (Å²) in [6.45, 7) is 15.7. The van der Waals surface area contributed by atoms with Crippen LogP contribution in [0, 0.1) is 12.8 Å². The lowest BCUT2D eigenvalue weighted by Crippen LogP contribution is -2.38. The van der Waals surface area contributed by atoms with E-state index >= 15 is 0 Å². The first-order valence-corrected chi connectivity index (χ1v) is 13.8. The third-order valence-corrected chi connectivity index (χ3v) is 6.88. The molecule has 8 heteroatoms. The zero-order valence-electron chi connectivity index (χ0n) is 23.4. The van der Waals surface area contributed by atoms with E-state index in [-0.39, 0.29) is 12.0 Å². The zero-order valence-corrected chi connectivity index (χ0v) is 24.2. The van der Waals surface area contributed by atoms with Gasteiger partial charge in [0.15, 0.2) is 0 Å². The maximum absolute atomic E-state index is 12.4. The average molecular weight is 538 g/mol. The third-order valence-electron chi connectivity index (χ3n) is 5.91. The second-order valence-electron chi connectivity index (χ2n) is 10.8. The van der Waals surface area contributed by atoms with Crippen molar-refractivity contribution in [1.29, 1.82) is 0 Å². The Labute approximate surface area is 230 Å². The Morgan fingerprint density at radius 2 is 1.84 bits per heavy atom. The lowest BCUT2D eigenvalue weighted by atomic mass is 10.0. The number of alkyl carbamates (subject to hydrolysis) is 1. The highest BCUT2D eigenvalue weighted by atomic mass is 32.1. The summed E-state index contributed by atoms with van der Waals surface area (Å²) in [5.74, 6) is 0.951. The van der Waals surface area contributed by atoms with Crippen molar-refractivity contribution in [2.24, 2.45) is 5.92 Å². The number of aryl methyl sites for hydroxylation is 1. The smallest absolute Gasteiger partial charge is 0.407 e. The molecule has 38 heavy (non-hydrogen) atoms. The van der Waals surface area contributed by atoms with Gasteiger partial charge in [0.1, 0.15) is 17.6 Å². The molecule has 0 aliphatic rings. The molecule has 0 saturated heterocycles. The van der Waals surface area contributed by atoms with Crippen LogP contribution in [0.1, 0.15) is 63.2 Å². The lowest BCUT2D eigenvalue weighted by molar-refractivity contribution is 0.0523. The molecule has 0 fully saturated rings. The van der Waals surface area contributed by atoms with E-state index in [4.69, 9.17) is 9.47 Å². The highest BCUT2D eigenvalue weighted by Gasteiger charge is 2.21. The van der Waals surface area contributed by atoms with Gasteiger partial charge in [0.05, 0.1) is 22.7 Å². The molecule has 1 heterocycles. The lowest BCUT2D eigenvalue weighted by Gasteiger charge is -2.34. The highest BCUT2D eigenvalue weighted by Crippen LogP contribution is 2.34. The van der Waals surface area contributed by atoms with Crippen LogP contribution >= 0.6 is 11.3 Å². The molecule has 1 atom stereocenters. The van der Waals surface area contributed by atoms with Crippen molar-refractivity contribution in [1.82, 2.24) is 10.3 Å². The summed E-state index contributed by atoms with van der Waals surface area (Å²) in [4.78, 5) is 31.2. The van der Waals surface area contributed by atoms with Gasteiger partial charge < -0.3 is 19.7 Å². The molecule has 1 aromatic heterocycles. The topological polar surface area (TPSA) is 80.8 Å². The number of nitrogens with zero attached hydrogens (tertiary/aromatic N) is 2. The number of ether oxygens (including phenoxy) is 2. The molecule has 1 N–H and O–H groups in total. The Hall–Kier alpha value is -3.39. The van der Waals surface area contributed by atoms with Gasteiger partial charge in [-0.15, -0.1) is 11.3 Å². The SMILES string of the molecule is Cc1ncsc1-c1ccc(CNC(=O)OC(C)(C)C)c(N(CC(C)COc2ccc(C=O)cc2)C(C)C)c1. The van der Waals surface area contributed by atoms with Crippen molar-refractivity contribution < 1.29 is 19.1 Å². The summed E-state index contributed by atoms with van der Waals surface area (Å²) in [6, 6.07) is 13.7. The zero-order chi connectivity index (χ0) is 27.9. The highest BCUT2D eigenvalue weighted by molar-refractivity contribution is 7.13. The van der Waals surface area contributed by atoms with Gasteiger partial charge in [-0.3, -0.25) is 4.79 Å². The Kier molecular flexibility index (Phi) is 9.91. The number of amides is 1. The summed E-state index contributed by atoms with van der Waals surface area (Å²) in [5.41, 5.74) is 6.10. The van der Waals surface area contributed by atoms with E-state index in [0.29, 0.717) is 18.7 Å². The molecule has 204 valence electrons. The van der Waals surface area contributed by atoms with Gasteiger partial charge >= 0.3 is 6.09 Å². The monoisotopic (exact) mass is 537 g/mol. The molecule has 3 rings (SSSR count). The largest absolute Gasteiger partial charge is 0.493 e. The Morgan fingerprint density at radius 3 is 2.42 bits per heavy atom. The van der Waals surface area contributed by atoms with Gasteiger partial charge in [-0.25, -0.2) is 9.78 Å². The quantitative estimate of drug-likeness (QED) is 0.268. The predicted molar refractivity (Wildman–Crippen MR) is 154 cm³/mol. The molecule has 1 unspecified atom stereocenters. The molecule has 3 aromatic rings. The molecular formula is C30H39N3O4S.